The van der Waals surface area contributed by atoms with Gasteiger partial charge >= 0.3 is 18.3 Å². The third-order valence-electron chi connectivity index (χ3n) is 2.44. The van der Waals surface area contributed by atoms with Crippen molar-refractivity contribution in [3.8, 4) is 0 Å². The molecule has 0 radical (unpaired) electrons. The molecular weight excluding hydrogens is 306 g/mol. The highest BCUT2D eigenvalue weighted by Gasteiger charge is 2.38. The molecule has 9 heteroatoms. The lowest BCUT2D eigenvalue weighted by Gasteiger charge is -2.16. The summed E-state index contributed by atoms with van der Waals surface area (Å²) in [6.45, 7) is 1.19. The first-order valence-electron chi connectivity index (χ1n) is 5.61. The number of rotatable bonds is 3. The van der Waals surface area contributed by atoms with Crippen LogP contribution < -0.4 is 0 Å². The average Bonchev–Trinajstić information content (AvgIpc) is 2.35. The van der Waals surface area contributed by atoms with Crippen LogP contribution in [-0.2, 0) is 21.9 Å². The van der Waals surface area contributed by atoms with Crippen molar-refractivity contribution in [1.29, 1.82) is 0 Å². The topological polar surface area (TPSA) is 46.5 Å². The molecular formula is C12H10F6O3. The lowest BCUT2D eigenvalue weighted by molar-refractivity contribution is -0.154. The molecule has 0 spiro atoms. The van der Waals surface area contributed by atoms with Gasteiger partial charge in [0.2, 0.25) is 0 Å². The molecule has 1 unspecified atom stereocenters. The van der Waals surface area contributed by atoms with E-state index in [2.05, 4.69) is 4.74 Å². The van der Waals surface area contributed by atoms with Crippen LogP contribution in [0.5, 0.6) is 0 Å². The Labute approximate surface area is 115 Å². The Morgan fingerprint density at radius 2 is 1.52 bits per heavy atom. The zero-order valence-electron chi connectivity index (χ0n) is 10.5. The van der Waals surface area contributed by atoms with Gasteiger partial charge in [-0.05, 0) is 30.7 Å². The second-order valence-electron chi connectivity index (χ2n) is 3.99. The van der Waals surface area contributed by atoms with Crippen LogP contribution >= 0.6 is 0 Å². The molecule has 1 rings (SSSR count). The van der Waals surface area contributed by atoms with Crippen molar-refractivity contribution in [1.82, 2.24) is 0 Å². The first kappa shape index (κ1) is 17.3. The monoisotopic (exact) mass is 316 g/mol. The summed E-state index contributed by atoms with van der Waals surface area (Å²) in [6.07, 6.45) is -12.3. The van der Waals surface area contributed by atoms with Crippen LogP contribution in [0, 0.1) is 0 Å². The summed E-state index contributed by atoms with van der Waals surface area (Å²) in [5.74, 6) is -1.33. The van der Waals surface area contributed by atoms with Crippen LogP contribution in [-0.4, -0.2) is 17.7 Å². The summed E-state index contributed by atoms with van der Waals surface area (Å²) in [5, 5.41) is 9.49. The zero-order valence-corrected chi connectivity index (χ0v) is 10.5. The van der Waals surface area contributed by atoms with Gasteiger partial charge in [0.25, 0.3) is 0 Å². The summed E-state index contributed by atoms with van der Waals surface area (Å²) in [4.78, 5) is 11.2. The summed E-state index contributed by atoms with van der Waals surface area (Å²) in [5.41, 5.74) is -4.07. The van der Waals surface area contributed by atoms with Gasteiger partial charge in [0.15, 0.2) is 6.10 Å². The lowest BCUT2D eigenvalue weighted by Crippen LogP contribution is -2.18. The summed E-state index contributed by atoms with van der Waals surface area (Å²) < 4.78 is 79.9. The number of carbonyl (C=O) groups is 1. The Morgan fingerprint density at radius 3 is 1.86 bits per heavy atom. The van der Waals surface area contributed by atoms with E-state index in [1.807, 2.05) is 0 Å². The van der Waals surface area contributed by atoms with Crippen LogP contribution in [0.2, 0.25) is 0 Å². The van der Waals surface area contributed by atoms with Crippen LogP contribution in [0.25, 0.3) is 0 Å². The van der Waals surface area contributed by atoms with Crippen molar-refractivity contribution >= 4 is 5.97 Å². The second-order valence-corrected chi connectivity index (χ2v) is 3.99. The quantitative estimate of drug-likeness (QED) is 0.687. The highest BCUT2D eigenvalue weighted by molar-refractivity contribution is 5.76. The molecule has 0 saturated heterocycles. The maximum absolute atomic E-state index is 12.6. The normalized spacial score (nSPS) is 13.9. The van der Waals surface area contributed by atoms with Gasteiger partial charge < -0.3 is 9.84 Å². The highest BCUT2D eigenvalue weighted by atomic mass is 19.4. The minimum absolute atomic E-state index is 0.0959. The van der Waals surface area contributed by atoms with E-state index in [9.17, 15) is 36.2 Å². The molecule has 0 amide bonds. The smallest absolute Gasteiger partial charge is 0.416 e. The first-order valence-corrected chi connectivity index (χ1v) is 5.61. The predicted octanol–water partition coefficient (Wildman–Crippen LogP) is 3.32. The Bertz CT molecular complexity index is 488. The standard InChI is InChI=1S/C12H10F6O3/c1-2-21-10(20)9(19)6-3-7(11(13,14)15)5-8(4-6)12(16,17)18/h3-5,9,19H,2H2,1H3. The van der Waals surface area contributed by atoms with E-state index in [0.717, 1.165) is 0 Å². The Morgan fingerprint density at radius 1 is 1.10 bits per heavy atom. The fourth-order valence-corrected chi connectivity index (χ4v) is 1.49. The number of aliphatic hydroxyl groups excluding tert-OH is 1. The molecule has 0 heterocycles. The number of alkyl halides is 6. The molecule has 0 fully saturated rings. The maximum Gasteiger partial charge on any atom is 0.416 e. The minimum Gasteiger partial charge on any atom is -0.464 e. The van der Waals surface area contributed by atoms with Crippen molar-refractivity contribution < 1.29 is 41.0 Å². The van der Waals surface area contributed by atoms with Gasteiger partial charge in [-0.15, -0.1) is 0 Å². The predicted molar refractivity (Wildman–Crippen MR) is 58.0 cm³/mol. The molecule has 0 aliphatic rings. The van der Waals surface area contributed by atoms with Crippen LogP contribution in [0.1, 0.15) is 29.7 Å². The molecule has 118 valence electrons. The molecule has 0 aliphatic carbocycles. The van der Waals surface area contributed by atoms with Gasteiger partial charge in [-0.1, -0.05) is 0 Å². The van der Waals surface area contributed by atoms with E-state index in [-0.39, 0.29) is 24.8 Å². The number of aliphatic hydroxyl groups is 1. The second kappa shape index (κ2) is 5.92. The molecule has 1 aromatic rings. The van der Waals surface area contributed by atoms with E-state index >= 15 is 0 Å². The van der Waals surface area contributed by atoms with Crippen molar-refractivity contribution in [2.45, 2.75) is 25.4 Å². The molecule has 3 nitrogen and oxygen atoms in total. The number of hydrogen-bond acceptors (Lipinski definition) is 3. The van der Waals surface area contributed by atoms with Gasteiger partial charge in [-0.2, -0.15) is 26.3 Å². The fraction of sp³-hybridized carbons (Fsp3) is 0.417. The number of benzene rings is 1. The van der Waals surface area contributed by atoms with Crippen molar-refractivity contribution in [3.63, 3.8) is 0 Å². The van der Waals surface area contributed by atoms with Gasteiger partial charge in [-0.3, -0.25) is 0 Å². The third-order valence-corrected chi connectivity index (χ3v) is 2.44. The van der Waals surface area contributed by atoms with Crippen molar-refractivity contribution in [3.05, 3.63) is 34.9 Å². The van der Waals surface area contributed by atoms with Gasteiger partial charge in [0.05, 0.1) is 17.7 Å². The Kier molecular flexibility index (Phi) is 4.87. The van der Waals surface area contributed by atoms with E-state index in [4.69, 9.17) is 0 Å². The van der Waals surface area contributed by atoms with E-state index < -0.39 is 41.1 Å². The summed E-state index contributed by atoms with van der Waals surface area (Å²) in [6, 6.07) is 0.453. The first-order chi connectivity index (χ1) is 9.46. The minimum atomic E-state index is -5.05. The van der Waals surface area contributed by atoms with Crippen molar-refractivity contribution in [2.75, 3.05) is 6.61 Å². The highest BCUT2D eigenvalue weighted by Crippen LogP contribution is 2.37. The number of halogens is 6. The molecule has 1 atom stereocenters. The number of esters is 1. The van der Waals surface area contributed by atoms with Gasteiger partial charge in [0, 0.05) is 0 Å². The van der Waals surface area contributed by atoms with Gasteiger partial charge in [0.1, 0.15) is 0 Å². The average molecular weight is 316 g/mol. The van der Waals surface area contributed by atoms with E-state index in [1.54, 1.807) is 0 Å². The van der Waals surface area contributed by atoms with E-state index in [1.165, 1.54) is 6.92 Å². The van der Waals surface area contributed by atoms with Crippen LogP contribution in [0.3, 0.4) is 0 Å². The molecule has 0 bridgehead atoms. The molecule has 1 aromatic carbocycles. The molecule has 0 aliphatic heterocycles. The number of carbonyl (C=O) groups excluding carboxylic acids is 1. The Hall–Kier alpha value is -1.77. The lowest BCUT2D eigenvalue weighted by atomic mass is 10.0. The SMILES string of the molecule is CCOC(=O)C(O)c1cc(C(F)(F)F)cc(C(F)(F)F)c1. The largest absolute Gasteiger partial charge is 0.464 e. The fourth-order valence-electron chi connectivity index (χ4n) is 1.49. The van der Waals surface area contributed by atoms with Gasteiger partial charge in [-0.25, -0.2) is 4.79 Å². The molecule has 0 aromatic heterocycles. The number of hydrogen-bond donors (Lipinski definition) is 1. The summed E-state index contributed by atoms with van der Waals surface area (Å²) in [7, 11) is 0. The summed E-state index contributed by atoms with van der Waals surface area (Å²) >= 11 is 0. The third kappa shape index (κ3) is 4.35. The Balaban J connectivity index is 3.35. The maximum atomic E-state index is 12.6. The zero-order chi connectivity index (χ0) is 16.4. The van der Waals surface area contributed by atoms with Crippen LogP contribution in [0.15, 0.2) is 18.2 Å². The van der Waals surface area contributed by atoms with E-state index in [0.29, 0.717) is 0 Å². The molecule has 0 saturated carbocycles. The van der Waals surface area contributed by atoms with Crippen LogP contribution in [0.4, 0.5) is 26.3 Å². The molecule has 1 N–H and O–H groups in total. The van der Waals surface area contributed by atoms with Crippen molar-refractivity contribution in [2.24, 2.45) is 0 Å². The number of ether oxygens (including phenoxy) is 1. The molecule has 21 heavy (non-hydrogen) atoms.